The van der Waals surface area contributed by atoms with Gasteiger partial charge in [0.15, 0.2) is 0 Å². The van der Waals surface area contributed by atoms with E-state index >= 15 is 0 Å². The van der Waals surface area contributed by atoms with Crippen LogP contribution < -0.4 is 0 Å². The molecule has 0 saturated heterocycles. The largest absolute Gasteiger partial charge is 0.123 e. The Labute approximate surface area is 121 Å². The van der Waals surface area contributed by atoms with E-state index in [-0.39, 0.29) is 5.38 Å². The lowest BCUT2D eigenvalue weighted by Gasteiger charge is -2.13. The Balaban J connectivity index is 1.99. The molecule has 2 aromatic carbocycles. The maximum Gasteiger partial charge on any atom is 0.0362 e. The second kappa shape index (κ2) is 6.77. The van der Waals surface area contributed by atoms with Crippen LogP contribution >= 0.6 is 11.6 Å². The lowest BCUT2D eigenvalue weighted by Crippen LogP contribution is -2.08. The molecule has 0 aliphatic carbocycles. The number of hydrogen-bond donors (Lipinski definition) is 0. The molecule has 0 nitrogen and oxygen atoms in total. The van der Waals surface area contributed by atoms with Crippen molar-refractivity contribution in [1.82, 2.24) is 0 Å². The van der Waals surface area contributed by atoms with Crippen LogP contribution in [0.5, 0.6) is 0 Å². The minimum absolute atomic E-state index is 0.272. The summed E-state index contributed by atoms with van der Waals surface area (Å²) >= 11 is 6.29. The smallest absolute Gasteiger partial charge is 0.0362 e. The zero-order chi connectivity index (χ0) is 13.7. The van der Waals surface area contributed by atoms with Crippen LogP contribution in [0.4, 0.5) is 0 Å². The quantitative estimate of drug-likeness (QED) is 0.626. The van der Waals surface area contributed by atoms with E-state index in [9.17, 15) is 0 Å². The fourth-order valence-electron chi connectivity index (χ4n) is 2.13. The summed E-state index contributed by atoms with van der Waals surface area (Å²) in [5.74, 6) is 0.547. The monoisotopic (exact) mass is 272 g/mol. The molecular weight excluding hydrogens is 252 g/mol. The summed E-state index contributed by atoms with van der Waals surface area (Å²) in [7, 11) is 0. The molecule has 0 heterocycles. The Bertz CT molecular complexity index is 485. The SMILES string of the molecule is CC(C)C(Cl)CCc1ccc(-c2ccccc2)cc1. The molecule has 0 N–H and O–H groups in total. The number of alkyl halides is 1. The Morgan fingerprint density at radius 3 is 2.00 bits per heavy atom. The Hall–Kier alpha value is -1.27. The molecule has 0 aliphatic heterocycles. The van der Waals surface area contributed by atoms with Gasteiger partial charge in [0.25, 0.3) is 0 Å². The standard InChI is InChI=1S/C18H21Cl/c1-14(2)18(19)13-10-15-8-11-17(12-9-15)16-6-4-3-5-7-16/h3-9,11-12,14,18H,10,13H2,1-2H3. The highest BCUT2D eigenvalue weighted by Crippen LogP contribution is 2.21. The molecular formula is C18H21Cl. The van der Waals surface area contributed by atoms with Crippen LogP contribution in [-0.2, 0) is 6.42 Å². The van der Waals surface area contributed by atoms with Crippen molar-refractivity contribution < 1.29 is 0 Å². The van der Waals surface area contributed by atoms with E-state index in [1.54, 1.807) is 0 Å². The van der Waals surface area contributed by atoms with Crippen molar-refractivity contribution in [3.63, 3.8) is 0 Å². The van der Waals surface area contributed by atoms with Gasteiger partial charge >= 0.3 is 0 Å². The second-order valence-corrected chi connectivity index (χ2v) is 5.92. The van der Waals surface area contributed by atoms with Gasteiger partial charge in [-0.25, -0.2) is 0 Å². The number of halogens is 1. The van der Waals surface area contributed by atoms with Crippen LogP contribution in [0.1, 0.15) is 25.8 Å². The average molecular weight is 273 g/mol. The van der Waals surface area contributed by atoms with E-state index < -0.39 is 0 Å². The van der Waals surface area contributed by atoms with Crippen molar-refractivity contribution in [1.29, 1.82) is 0 Å². The molecule has 0 radical (unpaired) electrons. The Morgan fingerprint density at radius 2 is 1.42 bits per heavy atom. The van der Waals surface area contributed by atoms with E-state index in [0.717, 1.165) is 12.8 Å². The molecule has 2 rings (SSSR count). The molecule has 2 aromatic rings. The van der Waals surface area contributed by atoms with E-state index in [1.165, 1.54) is 16.7 Å². The van der Waals surface area contributed by atoms with Gasteiger partial charge in [-0.1, -0.05) is 68.4 Å². The molecule has 0 spiro atoms. The molecule has 0 saturated carbocycles. The lowest BCUT2D eigenvalue weighted by molar-refractivity contribution is 0.565. The summed E-state index contributed by atoms with van der Waals surface area (Å²) in [6, 6.07) is 19.3. The van der Waals surface area contributed by atoms with Crippen molar-refractivity contribution in [2.24, 2.45) is 5.92 Å². The number of benzene rings is 2. The molecule has 0 bridgehead atoms. The van der Waals surface area contributed by atoms with Crippen LogP contribution in [0.3, 0.4) is 0 Å². The maximum atomic E-state index is 6.29. The van der Waals surface area contributed by atoms with Gasteiger partial charge in [0.1, 0.15) is 0 Å². The molecule has 0 fully saturated rings. The van der Waals surface area contributed by atoms with Crippen LogP contribution in [0.2, 0.25) is 0 Å². The predicted octanol–water partition coefficient (Wildman–Crippen LogP) is 5.55. The van der Waals surface area contributed by atoms with Crippen LogP contribution in [0, 0.1) is 5.92 Å². The summed E-state index contributed by atoms with van der Waals surface area (Å²) in [4.78, 5) is 0. The fourth-order valence-corrected chi connectivity index (χ4v) is 2.24. The molecule has 1 heteroatoms. The van der Waals surface area contributed by atoms with Gasteiger partial charge < -0.3 is 0 Å². The maximum absolute atomic E-state index is 6.29. The summed E-state index contributed by atoms with van der Waals surface area (Å²) in [5, 5.41) is 0.272. The predicted molar refractivity (Wildman–Crippen MR) is 84.7 cm³/mol. The first-order valence-corrected chi connectivity index (χ1v) is 7.39. The highest BCUT2D eigenvalue weighted by atomic mass is 35.5. The van der Waals surface area contributed by atoms with E-state index in [1.807, 2.05) is 6.07 Å². The van der Waals surface area contributed by atoms with Crippen molar-refractivity contribution in [2.45, 2.75) is 32.1 Å². The Kier molecular flexibility index (Phi) is 5.04. The number of aryl methyl sites for hydroxylation is 1. The summed E-state index contributed by atoms with van der Waals surface area (Å²) in [6.45, 7) is 4.35. The van der Waals surface area contributed by atoms with Gasteiger partial charge in [-0.2, -0.15) is 0 Å². The molecule has 1 unspecified atom stereocenters. The molecule has 100 valence electrons. The van der Waals surface area contributed by atoms with Gasteiger partial charge in [0.2, 0.25) is 0 Å². The summed E-state index contributed by atoms with van der Waals surface area (Å²) < 4.78 is 0. The zero-order valence-corrected chi connectivity index (χ0v) is 12.4. The normalized spacial score (nSPS) is 12.6. The summed E-state index contributed by atoms with van der Waals surface area (Å²) in [5.41, 5.74) is 3.91. The highest BCUT2D eigenvalue weighted by Gasteiger charge is 2.09. The van der Waals surface area contributed by atoms with E-state index in [0.29, 0.717) is 5.92 Å². The van der Waals surface area contributed by atoms with Crippen molar-refractivity contribution >= 4 is 11.6 Å². The number of hydrogen-bond acceptors (Lipinski definition) is 0. The van der Waals surface area contributed by atoms with Crippen molar-refractivity contribution in [2.75, 3.05) is 0 Å². The van der Waals surface area contributed by atoms with Gasteiger partial charge in [-0.15, -0.1) is 11.6 Å². The van der Waals surface area contributed by atoms with Crippen LogP contribution in [0.15, 0.2) is 54.6 Å². The van der Waals surface area contributed by atoms with Gasteiger partial charge in [0.05, 0.1) is 0 Å². The highest BCUT2D eigenvalue weighted by molar-refractivity contribution is 6.20. The molecule has 0 amide bonds. The topological polar surface area (TPSA) is 0 Å². The first-order chi connectivity index (χ1) is 9.16. The second-order valence-electron chi connectivity index (χ2n) is 5.36. The third-order valence-corrected chi connectivity index (χ3v) is 4.22. The van der Waals surface area contributed by atoms with Crippen molar-refractivity contribution in [3.05, 3.63) is 60.2 Å². The molecule has 19 heavy (non-hydrogen) atoms. The lowest BCUT2D eigenvalue weighted by atomic mass is 9.99. The molecule has 0 aliphatic rings. The molecule has 1 atom stereocenters. The van der Waals surface area contributed by atoms with Crippen LogP contribution in [-0.4, -0.2) is 5.38 Å². The fraction of sp³-hybridized carbons (Fsp3) is 0.333. The minimum atomic E-state index is 0.272. The number of rotatable bonds is 5. The summed E-state index contributed by atoms with van der Waals surface area (Å²) in [6.07, 6.45) is 2.10. The van der Waals surface area contributed by atoms with Gasteiger partial charge in [-0.05, 0) is 35.4 Å². The third kappa shape index (κ3) is 4.11. The third-order valence-electron chi connectivity index (χ3n) is 3.49. The minimum Gasteiger partial charge on any atom is -0.123 e. The van der Waals surface area contributed by atoms with E-state index in [2.05, 4.69) is 62.4 Å². The first kappa shape index (κ1) is 14.1. The zero-order valence-electron chi connectivity index (χ0n) is 11.6. The van der Waals surface area contributed by atoms with Crippen molar-refractivity contribution in [3.8, 4) is 11.1 Å². The molecule has 0 aromatic heterocycles. The Morgan fingerprint density at radius 1 is 0.842 bits per heavy atom. The van der Waals surface area contributed by atoms with Gasteiger partial charge in [-0.3, -0.25) is 0 Å². The van der Waals surface area contributed by atoms with Gasteiger partial charge in [0, 0.05) is 5.38 Å². The van der Waals surface area contributed by atoms with E-state index in [4.69, 9.17) is 11.6 Å². The average Bonchev–Trinajstić information content (AvgIpc) is 2.46. The first-order valence-electron chi connectivity index (χ1n) is 6.95. The van der Waals surface area contributed by atoms with Crippen LogP contribution in [0.25, 0.3) is 11.1 Å².